The van der Waals surface area contributed by atoms with Crippen molar-refractivity contribution in [1.82, 2.24) is 4.98 Å². The minimum atomic E-state index is 0.722. The lowest BCUT2D eigenvalue weighted by molar-refractivity contribution is 0.113. The van der Waals surface area contributed by atoms with E-state index in [1.165, 1.54) is 17.7 Å². The van der Waals surface area contributed by atoms with Crippen molar-refractivity contribution in [1.29, 1.82) is 0 Å². The molecule has 2 rings (SSSR count). The van der Waals surface area contributed by atoms with Crippen molar-refractivity contribution in [3.8, 4) is 0 Å². The Labute approximate surface area is 88.5 Å². The van der Waals surface area contributed by atoms with E-state index < -0.39 is 0 Å². The monoisotopic (exact) mass is 212 g/mol. The van der Waals surface area contributed by atoms with Gasteiger partial charge < -0.3 is 10.1 Å². The van der Waals surface area contributed by atoms with Gasteiger partial charge in [0.1, 0.15) is 0 Å². The summed E-state index contributed by atoms with van der Waals surface area (Å²) >= 11 is 1.68. The molecule has 1 aromatic rings. The van der Waals surface area contributed by atoms with Crippen LogP contribution in [0.2, 0.25) is 0 Å². The Balaban J connectivity index is 1.71. The summed E-state index contributed by atoms with van der Waals surface area (Å²) in [5.41, 5.74) is 0. The van der Waals surface area contributed by atoms with E-state index in [-0.39, 0.29) is 0 Å². The molecule has 1 heterocycles. The molecule has 0 bridgehead atoms. The fourth-order valence-corrected chi connectivity index (χ4v) is 2.04. The molecule has 1 fully saturated rings. The van der Waals surface area contributed by atoms with Crippen LogP contribution in [0.1, 0.15) is 24.6 Å². The number of nitrogens with zero attached hydrogens (tertiary/aromatic N) is 1. The van der Waals surface area contributed by atoms with E-state index in [0.29, 0.717) is 0 Å². The van der Waals surface area contributed by atoms with Crippen molar-refractivity contribution in [2.75, 3.05) is 18.5 Å². The average Bonchev–Trinajstić information content (AvgIpc) is 2.88. The van der Waals surface area contributed by atoms with Gasteiger partial charge >= 0.3 is 0 Å². The predicted octanol–water partition coefficient (Wildman–Crippen LogP) is 2.50. The highest BCUT2D eigenvalue weighted by atomic mass is 32.1. The van der Waals surface area contributed by atoms with Crippen LogP contribution < -0.4 is 5.32 Å². The highest BCUT2D eigenvalue weighted by Crippen LogP contribution is 2.29. The summed E-state index contributed by atoms with van der Waals surface area (Å²) in [5.74, 6) is 0.844. The zero-order valence-corrected chi connectivity index (χ0v) is 9.27. The number of ether oxygens (including phenoxy) is 1. The fourth-order valence-electron chi connectivity index (χ4n) is 1.22. The molecule has 3 nitrogen and oxygen atoms in total. The fraction of sp³-hybridized carbons (Fsp3) is 0.700. The summed E-state index contributed by atoms with van der Waals surface area (Å²) in [5, 5.41) is 4.19. The van der Waals surface area contributed by atoms with Gasteiger partial charge in [-0.2, -0.15) is 0 Å². The van der Waals surface area contributed by atoms with Crippen LogP contribution in [0.5, 0.6) is 0 Å². The van der Waals surface area contributed by atoms with Crippen LogP contribution in [-0.2, 0) is 11.3 Å². The van der Waals surface area contributed by atoms with Crippen LogP contribution in [0.4, 0.5) is 5.13 Å². The standard InChI is InChI=1S/C10H16N2OS/c1-2-11-10-12-5-9(14-10)7-13-6-8-3-4-8/h5,8H,2-4,6-7H2,1H3,(H,11,12). The molecule has 0 spiro atoms. The van der Waals surface area contributed by atoms with E-state index >= 15 is 0 Å². The molecule has 1 N–H and O–H groups in total. The third-order valence-electron chi connectivity index (χ3n) is 2.18. The maximum Gasteiger partial charge on any atom is 0.182 e. The number of aromatic nitrogens is 1. The molecule has 0 aromatic carbocycles. The van der Waals surface area contributed by atoms with Crippen molar-refractivity contribution in [2.24, 2.45) is 5.92 Å². The van der Waals surface area contributed by atoms with Crippen molar-refractivity contribution >= 4 is 16.5 Å². The van der Waals surface area contributed by atoms with Gasteiger partial charge in [0, 0.05) is 19.3 Å². The van der Waals surface area contributed by atoms with Gasteiger partial charge in [-0.05, 0) is 25.7 Å². The van der Waals surface area contributed by atoms with Crippen molar-refractivity contribution in [2.45, 2.75) is 26.4 Å². The van der Waals surface area contributed by atoms with Gasteiger partial charge in [-0.1, -0.05) is 11.3 Å². The van der Waals surface area contributed by atoms with Gasteiger partial charge in [0.05, 0.1) is 11.5 Å². The predicted molar refractivity (Wildman–Crippen MR) is 58.7 cm³/mol. The van der Waals surface area contributed by atoms with Crippen molar-refractivity contribution < 1.29 is 4.74 Å². The van der Waals surface area contributed by atoms with E-state index in [4.69, 9.17) is 4.74 Å². The summed E-state index contributed by atoms with van der Waals surface area (Å²) in [6.07, 6.45) is 4.60. The molecule has 14 heavy (non-hydrogen) atoms. The molecule has 0 atom stereocenters. The Bertz CT molecular complexity index is 283. The third-order valence-corrected chi connectivity index (χ3v) is 3.10. The molecule has 1 aliphatic rings. The highest BCUT2D eigenvalue weighted by Gasteiger charge is 2.21. The minimum Gasteiger partial charge on any atom is -0.376 e. The van der Waals surface area contributed by atoms with Gasteiger partial charge in [0.2, 0.25) is 0 Å². The summed E-state index contributed by atoms with van der Waals surface area (Å²) in [6, 6.07) is 0. The topological polar surface area (TPSA) is 34.2 Å². The van der Waals surface area contributed by atoms with Crippen LogP contribution >= 0.6 is 11.3 Å². The second-order valence-electron chi connectivity index (χ2n) is 3.62. The molecule has 1 aliphatic carbocycles. The Morgan fingerprint density at radius 2 is 2.50 bits per heavy atom. The molecule has 1 aromatic heterocycles. The molecule has 0 unspecified atom stereocenters. The first-order chi connectivity index (χ1) is 6.88. The summed E-state index contributed by atoms with van der Waals surface area (Å²) in [6.45, 7) is 4.65. The van der Waals surface area contributed by atoms with Crippen LogP contribution in [0.3, 0.4) is 0 Å². The lowest BCUT2D eigenvalue weighted by Gasteiger charge is -1.98. The van der Waals surface area contributed by atoms with E-state index in [9.17, 15) is 0 Å². The van der Waals surface area contributed by atoms with E-state index in [1.807, 2.05) is 6.20 Å². The molecular formula is C10H16N2OS. The maximum absolute atomic E-state index is 5.58. The summed E-state index contributed by atoms with van der Waals surface area (Å²) < 4.78 is 5.58. The first-order valence-corrected chi connectivity index (χ1v) is 5.96. The summed E-state index contributed by atoms with van der Waals surface area (Å²) in [7, 11) is 0. The maximum atomic E-state index is 5.58. The first-order valence-electron chi connectivity index (χ1n) is 5.15. The number of anilines is 1. The highest BCUT2D eigenvalue weighted by molar-refractivity contribution is 7.15. The van der Waals surface area contributed by atoms with Crippen LogP contribution in [0.25, 0.3) is 0 Å². The Kier molecular flexibility index (Phi) is 3.37. The number of thiazole rings is 1. The van der Waals surface area contributed by atoms with Crippen LogP contribution in [-0.4, -0.2) is 18.1 Å². The average molecular weight is 212 g/mol. The number of rotatable bonds is 6. The quantitative estimate of drug-likeness (QED) is 0.786. The number of hydrogen-bond donors (Lipinski definition) is 1. The van der Waals surface area contributed by atoms with E-state index in [1.54, 1.807) is 11.3 Å². The zero-order valence-electron chi connectivity index (χ0n) is 8.45. The smallest absolute Gasteiger partial charge is 0.182 e. The van der Waals surface area contributed by atoms with Crippen LogP contribution in [0, 0.1) is 5.92 Å². The van der Waals surface area contributed by atoms with E-state index in [2.05, 4.69) is 17.2 Å². The second kappa shape index (κ2) is 4.75. The second-order valence-corrected chi connectivity index (χ2v) is 4.74. The lowest BCUT2D eigenvalue weighted by atomic mass is 10.5. The SMILES string of the molecule is CCNc1ncc(COCC2CC2)s1. The van der Waals surface area contributed by atoms with E-state index in [0.717, 1.165) is 30.8 Å². The Morgan fingerprint density at radius 1 is 1.64 bits per heavy atom. The van der Waals surface area contributed by atoms with Crippen molar-refractivity contribution in [3.05, 3.63) is 11.1 Å². The largest absolute Gasteiger partial charge is 0.376 e. The van der Waals surface area contributed by atoms with Crippen LogP contribution in [0.15, 0.2) is 6.20 Å². The third kappa shape index (κ3) is 2.96. The lowest BCUT2D eigenvalue weighted by Crippen LogP contribution is -1.95. The van der Waals surface area contributed by atoms with Gasteiger partial charge in [-0.15, -0.1) is 0 Å². The zero-order chi connectivity index (χ0) is 9.80. The summed E-state index contributed by atoms with van der Waals surface area (Å²) in [4.78, 5) is 5.46. The molecule has 0 amide bonds. The van der Waals surface area contributed by atoms with Gasteiger partial charge in [-0.25, -0.2) is 4.98 Å². The molecule has 0 radical (unpaired) electrons. The first kappa shape index (κ1) is 9.93. The minimum absolute atomic E-state index is 0.722. The molecule has 0 aliphatic heterocycles. The normalized spacial score (nSPS) is 15.8. The molecule has 0 saturated heterocycles. The Morgan fingerprint density at radius 3 is 3.21 bits per heavy atom. The van der Waals surface area contributed by atoms with Crippen molar-refractivity contribution in [3.63, 3.8) is 0 Å². The number of hydrogen-bond acceptors (Lipinski definition) is 4. The van der Waals surface area contributed by atoms with Gasteiger partial charge in [-0.3, -0.25) is 0 Å². The van der Waals surface area contributed by atoms with Gasteiger partial charge in [0.15, 0.2) is 5.13 Å². The number of nitrogens with one attached hydrogen (secondary N) is 1. The van der Waals surface area contributed by atoms with Gasteiger partial charge in [0.25, 0.3) is 0 Å². The Hall–Kier alpha value is -0.610. The molecule has 1 saturated carbocycles. The molecule has 78 valence electrons. The molecular weight excluding hydrogens is 196 g/mol. The molecule has 4 heteroatoms.